The van der Waals surface area contributed by atoms with Crippen molar-refractivity contribution >= 4 is 11.6 Å². The van der Waals surface area contributed by atoms with Crippen molar-refractivity contribution in [3.05, 3.63) is 0 Å². The summed E-state index contributed by atoms with van der Waals surface area (Å²) in [5, 5.41) is 10.4. The van der Waals surface area contributed by atoms with Crippen LogP contribution in [0.2, 0.25) is 0 Å². The molecule has 0 aromatic heterocycles. The second-order valence-corrected chi connectivity index (χ2v) is 13.5. The first-order chi connectivity index (χ1) is 20.4. The molecule has 0 aliphatic carbocycles. The van der Waals surface area contributed by atoms with E-state index in [0.717, 1.165) is 38.5 Å². The molecule has 250 valence electrons. The fourth-order valence-corrected chi connectivity index (χ4v) is 6.05. The molecule has 0 spiro atoms. The van der Waals surface area contributed by atoms with Gasteiger partial charge in [-0.1, -0.05) is 194 Å². The molecule has 1 unspecified atom stereocenters. The maximum atomic E-state index is 12.4. The Morgan fingerprint density at radius 2 is 0.667 bits per heavy atom. The van der Waals surface area contributed by atoms with E-state index in [2.05, 4.69) is 13.8 Å². The summed E-state index contributed by atoms with van der Waals surface area (Å²) < 4.78 is 0. The predicted octanol–water partition coefficient (Wildman–Crippen LogP) is 11.7. The average molecular weight is 594 g/mol. The van der Waals surface area contributed by atoms with Crippen molar-refractivity contribution in [3.63, 3.8) is 0 Å². The molecule has 0 bridgehead atoms. The van der Waals surface area contributed by atoms with Crippen LogP contribution < -0.4 is 5.73 Å². The second kappa shape index (κ2) is 31.7. The monoisotopic (exact) mass is 594 g/mol. The lowest BCUT2D eigenvalue weighted by Gasteiger charge is -2.20. The fourth-order valence-electron chi connectivity index (χ4n) is 6.05. The van der Waals surface area contributed by atoms with E-state index in [1.807, 2.05) is 0 Å². The normalized spacial score (nSPS) is 13.0. The Hall–Kier alpha value is -0.740. The molecule has 4 nitrogen and oxygen atoms in total. The third-order valence-electron chi connectivity index (χ3n) is 9.02. The molecule has 0 saturated carbocycles. The Morgan fingerprint density at radius 1 is 0.429 bits per heavy atom. The van der Waals surface area contributed by atoms with Crippen LogP contribution in [-0.2, 0) is 9.59 Å². The van der Waals surface area contributed by atoms with Crippen LogP contribution in [0.1, 0.15) is 226 Å². The summed E-state index contributed by atoms with van der Waals surface area (Å²) >= 11 is 0. The van der Waals surface area contributed by atoms with Crippen molar-refractivity contribution in [2.45, 2.75) is 231 Å². The van der Waals surface area contributed by atoms with Crippen LogP contribution in [0, 0.1) is 0 Å². The number of rotatable bonds is 35. The summed E-state index contributed by atoms with van der Waals surface area (Å²) in [6, 6.07) is 0. The number of carbonyl (C=O) groups excluding carboxylic acids is 2. The molecule has 0 saturated heterocycles. The maximum absolute atomic E-state index is 12.4. The van der Waals surface area contributed by atoms with E-state index in [0.29, 0.717) is 6.42 Å². The number of aliphatic hydroxyl groups is 1. The number of nitrogens with two attached hydrogens (primary N) is 1. The molecular formula is C38H75NO3. The first-order valence-electron chi connectivity index (χ1n) is 19.0. The number of hydrogen-bond donors (Lipinski definition) is 2. The molecule has 0 aliphatic heterocycles. The number of ketones is 2. The zero-order chi connectivity index (χ0) is 31.0. The zero-order valence-corrected chi connectivity index (χ0v) is 28.7. The van der Waals surface area contributed by atoms with Gasteiger partial charge in [-0.15, -0.1) is 0 Å². The van der Waals surface area contributed by atoms with Crippen molar-refractivity contribution in [1.82, 2.24) is 0 Å². The minimum atomic E-state index is -1.98. The molecule has 0 radical (unpaired) electrons. The molecule has 42 heavy (non-hydrogen) atoms. The lowest BCUT2D eigenvalue weighted by Crippen LogP contribution is -2.49. The molecule has 0 rings (SSSR count). The van der Waals surface area contributed by atoms with Gasteiger partial charge < -0.3 is 5.11 Å². The summed E-state index contributed by atoms with van der Waals surface area (Å²) in [6.07, 6.45) is 39.0. The minimum Gasteiger partial charge on any atom is -0.369 e. The quantitative estimate of drug-likeness (QED) is 0.0565. The van der Waals surface area contributed by atoms with E-state index in [9.17, 15) is 14.7 Å². The molecule has 4 heteroatoms. The Balaban J connectivity index is 3.53. The van der Waals surface area contributed by atoms with Crippen LogP contribution >= 0.6 is 0 Å². The van der Waals surface area contributed by atoms with E-state index in [-0.39, 0.29) is 24.4 Å². The zero-order valence-electron chi connectivity index (χ0n) is 28.7. The summed E-state index contributed by atoms with van der Waals surface area (Å²) in [7, 11) is 0. The summed E-state index contributed by atoms with van der Waals surface area (Å²) in [4.78, 5) is 24.7. The van der Waals surface area contributed by atoms with Crippen LogP contribution in [0.4, 0.5) is 0 Å². The Bertz CT molecular complexity index is 589. The maximum Gasteiger partial charge on any atom is 0.180 e. The molecule has 0 aromatic carbocycles. The topological polar surface area (TPSA) is 80.4 Å². The van der Waals surface area contributed by atoms with Crippen molar-refractivity contribution < 1.29 is 14.7 Å². The van der Waals surface area contributed by atoms with Gasteiger partial charge in [0.15, 0.2) is 11.5 Å². The van der Waals surface area contributed by atoms with E-state index in [1.165, 1.54) is 154 Å². The number of unbranched alkanes of at least 4 members (excludes halogenated alkanes) is 28. The first kappa shape index (κ1) is 41.3. The number of carbonyl (C=O) groups is 2. The lowest BCUT2D eigenvalue weighted by atomic mass is 9.95. The third-order valence-corrected chi connectivity index (χ3v) is 9.02. The van der Waals surface area contributed by atoms with Crippen molar-refractivity contribution in [2.24, 2.45) is 5.73 Å². The summed E-state index contributed by atoms with van der Waals surface area (Å²) in [5.74, 6) is -0.457. The largest absolute Gasteiger partial charge is 0.369 e. The third kappa shape index (κ3) is 29.3. The minimum absolute atomic E-state index is 0.0838. The first-order valence-corrected chi connectivity index (χ1v) is 19.0. The highest BCUT2D eigenvalue weighted by Gasteiger charge is 2.32. The predicted molar refractivity (Wildman–Crippen MR) is 183 cm³/mol. The van der Waals surface area contributed by atoms with Gasteiger partial charge in [0.25, 0.3) is 0 Å². The van der Waals surface area contributed by atoms with Crippen LogP contribution in [-0.4, -0.2) is 22.4 Å². The highest BCUT2D eigenvalue weighted by molar-refractivity contribution is 5.92. The van der Waals surface area contributed by atoms with Crippen molar-refractivity contribution in [2.75, 3.05) is 0 Å². The molecular weight excluding hydrogens is 518 g/mol. The molecule has 0 aromatic rings. The van der Waals surface area contributed by atoms with Gasteiger partial charge in [0.2, 0.25) is 0 Å². The van der Waals surface area contributed by atoms with Gasteiger partial charge in [-0.3, -0.25) is 15.3 Å². The number of hydrogen-bond acceptors (Lipinski definition) is 4. The number of Topliss-reactive ketones (excluding diaryl/α,β-unsaturated/α-hetero) is 2. The Labute approximate surface area is 263 Å². The van der Waals surface area contributed by atoms with Gasteiger partial charge in [-0.25, -0.2) is 0 Å². The lowest BCUT2D eigenvalue weighted by molar-refractivity contribution is -0.142. The SMILES string of the molecule is CCCCCCCCCCCCCCCCCC(=O)CC(N)(O)C(=O)CCCCCCCCCCCCCCCCC. The second-order valence-electron chi connectivity index (χ2n) is 13.5. The molecule has 0 amide bonds. The highest BCUT2D eigenvalue weighted by Crippen LogP contribution is 2.18. The van der Waals surface area contributed by atoms with Crippen molar-refractivity contribution in [1.29, 1.82) is 0 Å². The Morgan fingerprint density at radius 3 is 0.952 bits per heavy atom. The molecule has 3 N–H and O–H groups in total. The van der Waals surface area contributed by atoms with Gasteiger partial charge in [-0.2, -0.15) is 0 Å². The van der Waals surface area contributed by atoms with Gasteiger partial charge in [0.05, 0.1) is 6.42 Å². The Kier molecular flexibility index (Phi) is 31.1. The van der Waals surface area contributed by atoms with Gasteiger partial charge >= 0.3 is 0 Å². The van der Waals surface area contributed by atoms with Crippen molar-refractivity contribution in [3.8, 4) is 0 Å². The van der Waals surface area contributed by atoms with E-state index in [1.54, 1.807) is 0 Å². The van der Waals surface area contributed by atoms with Gasteiger partial charge in [0.1, 0.15) is 5.78 Å². The molecule has 0 fully saturated rings. The molecule has 1 atom stereocenters. The average Bonchev–Trinajstić information content (AvgIpc) is 2.96. The molecule has 0 aliphatic rings. The van der Waals surface area contributed by atoms with Crippen LogP contribution in [0.15, 0.2) is 0 Å². The van der Waals surface area contributed by atoms with Gasteiger partial charge in [0, 0.05) is 12.8 Å². The van der Waals surface area contributed by atoms with Crippen LogP contribution in [0.25, 0.3) is 0 Å². The smallest absolute Gasteiger partial charge is 0.180 e. The van der Waals surface area contributed by atoms with E-state index in [4.69, 9.17) is 5.73 Å². The van der Waals surface area contributed by atoms with Gasteiger partial charge in [-0.05, 0) is 12.8 Å². The highest BCUT2D eigenvalue weighted by atomic mass is 16.3. The summed E-state index contributed by atoms with van der Waals surface area (Å²) in [5.41, 5.74) is 3.88. The van der Waals surface area contributed by atoms with Crippen LogP contribution in [0.3, 0.4) is 0 Å². The molecule has 0 heterocycles. The standard InChI is InChI=1S/C38H75NO3/c1-3-5-7-9-11-13-15-17-19-21-23-25-27-29-31-33-36(40)35-38(39,42)37(41)34-32-30-28-26-24-22-20-18-16-14-12-10-8-6-4-2/h42H,3-35,39H2,1-2H3. The van der Waals surface area contributed by atoms with E-state index >= 15 is 0 Å². The van der Waals surface area contributed by atoms with Crippen LogP contribution in [0.5, 0.6) is 0 Å². The van der Waals surface area contributed by atoms with E-state index < -0.39 is 5.72 Å². The fraction of sp³-hybridized carbons (Fsp3) is 0.947. The summed E-state index contributed by atoms with van der Waals surface area (Å²) in [6.45, 7) is 4.54.